The predicted molar refractivity (Wildman–Crippen MR) is 111 cm³/mol. The van der Waals surface area contributed by atoms with Crippen molar-refractivity contribution in [2.45, 2.75) is 31.2 Å². The first-order chi connectivity index (χ1) is 13.5. The lowest BCUT2D eigenvalue weighted by molar-refractivity contribution is -0.384. The summed E-state index contributed by atoms with van der Waals surface area (Å²) in [4.78, 5) is 10.5. The Hall–Kier alpha value is -2.66. The van der Waals surface area contributed by atoms with Gasteiger partial charge in [-0.1, -0.05) is 17.7 Å². The minimum absolute atomic E-state index is 0.0186. The molecular formula is C18H21N3O6S2. The van der Waals surface area contributed by atoms with Gasteiger partial charge in [-0.15, -0.1) is 0 Å². The van der Waals surface area contributed by atoms with Crippen molar-refractivity contribution in [1.29, 1.82) is 0 Å². The number of benzene rings is 2. The molecule has 1 heterocycles. The fraction of sp³-hybridized carbons (Fsp3) is 0.333. The number of rotatable bonds is 6. The summed E-state index contributed by atoms with van der Waals surface area (Å²) in [5, 5.41) is 14.3. The monoisotopic (exact) mass is 439 g/mol. The normalized spacial score (nSPS) is 18.3. The topological polar surface area (TPSA) is 135 Å². The summed E-state index contributed by atoms with van der Waals surface area (Å²) in [7, 11) is -7.21. The Kier molecular flexibility index (Phi) is 5.54. The molecule has 1 saturated heterocycles. The highest BCUT2D eigenvalue weighted by Crippen LogP contribution is 2.31. The van der Waals surface area contributed by atoms with E-state index in [0.29, 0.717) is 12.1 Å². The molecule has 156 valence electrons. The lowest BCUT2D eigenvalue weighted by Gasteiger charge is -2.14. The zero-order chi connectivity index (χ0) is 21.4. The van der Waals surface area contributed by atoms with Crippen LogP contribution in [-0.4, -0.2) is 39.3 Å². The molecule has 1 atom stereocenters. The predicted octanol–water partition coefficient (Wildman–Crippen LogP) is 2.61. The van der Waals surface area contributed by atoms with Crippen molar-refractivity contribution in [3.05, 3.63) is 57.6 Å². The number of sulfone groups is 1. The largest absolute Gasteiger partial charge is 0.376 e. The summed E-state index contributed by atoms with van der Waals surface area (Å²) in [6.45, 7) is 3.64. The molecule has 0 radical (unpaired) electrons. The fourth-order valence-electron chi connectivity index (χ4n) is 3.21. The molecule has 9 nitrogen and oxygen atoms in total. The van der Waals surface area contributed by atoms with Crippen LogP contribution in [0.5, 0.6) is 0 Å². The fourth-order valence-corrected chi connectivity index (χ4v) is 6.04. The minimum atomic E-state index is -4.05. The van der Waals surface area contributed by atoms with Gasteiger partial charge in [0.1, 0.15) is 5.69 Å². The molecule has 11 heteroatoms. The average Bonchev–Trinajstić information content (AvgIpc) is 2.96. The van der Waals surface area contributed by atoms with Crippen LogP contribution < -0.4 is 10.0 Å². The van der Waals surface area contributed by atoms with Gasteiger partial charge in [0.25, 0.3) is 15.7 Å². The van der Waals surface area contributed by atoms with E-state index in [2.05, 4.69) is 10.0 Å². The van der Waals surface area contributed by atoms with Crippen LogP contribution in [0.25, 0.3) is 0 Å². The Morgan fingerprint density at radius 1 is 1.10 bits per heavy atom. The van der Waals surface area contributed by atoms with Crippen molar-refractivity contribution >= 4 is 36.9 Å². The molecule has 1 fully saturated rings. The molecule has 0 amide bonds. The Morgan fingerprint density at radius 2 is 1.79 bits per heavy atom. The van der Waals surface area contributed by atoms with E-state index in [0.717, 1.165) is 17.2 Å². The van der Waals surface area contributed by atoms with Crippen LogP contribution in [0.3, 0.4) is 0 Å². The van der Waals surface area contributed by atoms with Gasteiger partial charge in [-0.3, -0.25) is 14.8 Å². The third-order valence-corrected chi connectivity index (χ3v) is 7.83. The van der Waals surface area contributed by atoms with Crippen molar-refractivity contribution in [2.24, 2.45) is 0 Å². The van der Waals surface area contributed by atoms with Crippen LogP contribution in [0.2, 0.25) is 0 Å². The lowest BCUT2D eigenvalue weighted by atomic mass is 10.1. The summed E-state index contributed by atoms with van der Waals surface area (Å²) >= 11 is 0. The van der Waals surface area contributed by atoms with Crippen molar-refractivity contribution in [3.8, 4) is 0 Å². The molecule has 2 aromatic carbocycles. The van der Waals surface area contributed by atoms with E-state index in [1.807, 2.05) is 13.0 Å². The highest BCUT2D eigenvalue weighted by molar-refractivity contribution is 7.92. The van der Waals surface area contributed by atoms with Crippen molar-refractivity contribution < 1.29 is 21.8 Å². The number of aryl methyl sites for hydroxylation is 2. The third-order valence-electron chi connectivity index (χ3n) is 4.69. The van der Waals surface area contributed by atoms with E-state index in [1.165, 1.54) is 12.1 Å². The Balaban J connectivity index is 1.90. The summed E-state index contributed by atoms with van der Waals surface area (Å²) in [5.41, 5.74) is 1.74. The van der Waals surface area contributed by atoms with Crippen LogP contribution in [0.15, 0.2) is 41.3 Å². The van der Waals surface area contributed by atoms with Gasteiger partial charge in [-0.2, -0.15) is 0 Å². The molecule has 0 bridgehead atoms. The second-order valence-electron chi connectivity index (χ2n) is 7.10. The van der Waals surface area contributed by atoms with Gasteiger partial charge in [0.2, 0.25) is 0 Å². The van der Waals surface area contributed by atoms with Gasteiger partial charge in [-0.25, -0.2) is 16.8 Å². The SMILES string of the molecule is Cc1ccc(NS(=O)(=O)c2ccc(N[C@H]3CCS(=O)(=O)C3)c([N+](=O)[O-])c2)c(C)c1. The number of hydrogen-bond donors (Lipinski definition) is 2. The van der Waals surface area contributed by atoms with Gasteiger partial charge < -0.3 is 5.32 Å². The molecule has 1 aliphatic rings. The molecule has 3 rings (SSSR count). The number of nitrogens with one attached hydrogen (secondary N) is 2. The number of sulfonamides is 1. The molecule has 0 unspecified atom stereocenters. The first-order valence-corrected chi connectivity index (χ1v) is 12.1. The third kappa shape index (κ3) is 4.85. The zero-order valence-electron chi connectivity index (χ0n) is 15.9. The second kappa shape index (κ2) is 7.64. The van der Waals surface area contributed by atoms with Gasteiger partial charge in [0.15, 0.2) is 9.84 Å². The molecule has 0 aromatic heterocycles. The maximum Gasteiger partial charge on any atom is 0.293 e. The van der Waals surface area contributed by atoms with Crippen LogP contribution in [0, 0.1) is 24.0 Å². The Morgan fingerprint density at radius 3 is 2.38 bits per heavy atom. The number of nitrogens with zero attached hydrogens (tertiary/aromatic N) is 1. The smallest absolute Gasteiger partial charge is 0.293 e. The summed E-state index contributed by atoms with van der Waals surface area (Å²) in [5.74, 6) is -0.0940. The summed E-state index contributed by atoms with van der Waals surface area (Å²) in [6, 6.07) is 8.28. The van der Waals surface area contributed by atoms with Crippen LogP contribution in [0.1, 0.15) is 17.5 Å². The molecule has 0 aliphatic carbocycles. The van der Waals surface area contributed by atoms with Crippen LogP contribution >= 0.6 is 0 Å². The number of nitro groups is 1. The van der Waals surface area contributed by atoms with Crippen molar-refractivity contribution in [1.82, 2.24) is 0 Å². The number of nitro benzene ring substituents is 1. The summed E-state index contributed by atoms with van der Waals surface area (Å²) < 4.78 is 51.1. The number of anilines is 2. The van der Waals surface area contributed by atoms with Gasteiger partial charge in [0.05, 0.1) is 27.0 Å². The molecule has 29 heavy (non-hydrogen) atoms. The molecule has 2 aromatic rings. The highest BCUT2D eigenvalue weighted by atomic mass is 32.2. The maximum absolute atomic E-state index is 12.7. The van der Waals surface area contributed by atoms with E-state index in [9.17, 15) is 26.9 Å². The van der Waals surface area contributed by atoms with E-state index in [-0.39, 0.29) is 22.1 Å². The quantitative estimate of drug-likeness (QED) is 0.521. The second-order valence-corrected chi connectivity index (χ2v) is 11.0. The average molecular weight is 440 g/mol. The molecule has 2 N–H and O–H groups in total. The maximum atomic E-state index is 12.7. The van der Waals surface area contributed by atoms with E-state index >= 15 is 0 Å². The van der Waals surface area contributed by atoms with E-state index in [4.69, 9.17) is 0 Å². The molecule has 1 aliphatic heterocycles. The minimum Gasteiger partial charge on any atom is -0.376 e. The number of hydrogen-bond acceptors (Lipinski definition) is 7. The van der Waals surface area contributed by atoms with Crippen molar-refractivity contribution in [3.63, 3.8) is 0 Å². The van der Waals surface area contributed by atoms with Crippen molar-refractivity contribution in [2.75, 3.05) is 21.5 Å². The standard InChI is InChI=1S/C18H21N3O6S2/c1-12-3-5-16(13(2)9-12)20-29(26,27)15-4-6-17(18(10-15)21(22)23)19-14-7-8-28(24,25)11-14/h3-6,9-10,14,19-20H,7-8,11H2,1-2H3/t14-/m0/s1. The summed E-state index contributed by atoms with van der Waals surface area (Å²) in [6.07, 6.45) is 0.341. The van der Waals surface area contributed by atoms with E-state index in [1.54, 1.807) is 19.1 Å². The molecule has 0 saturated carbocycles. The lowest BCUT2D eigenvalue weighted by Crippen LogP contribution is -2.21. The van der Waals surface area contributed by atoms with Crippen LogP contribution in [0.4, 0.5) is 17.1 Å². The molecular weight excluding hydrogens is 418 g/mol. The van der Waals surface area contributed by atoms with Gasteiger partial charge in [-0.05, 0) is 44.0 Å². The highest BCUT2D eigenvalue weighted by Gasteiger charge is 2.30. The van der Waals surface area contributed by atoms with E-state index < -0.39 is 36.5 Å². The first-order valence-electron chi connectivity index (χ1n) is 8.82. The molecule has 0 spiro atoms. The zero-order valence-corrected chi connectivity index (χ0v) is 17.5. The van der Waals surface area contributed by atoms with Gasteiger partial charge >= 0.3 is 0 Å². The first kappa shape index (κ1) is 21.1. The Labute approximate surface area is 169 Å². The Bertz CT molecular complexity index is 1180. The van der Waals surface area contributed by atoms with Gasteiger partial charge in [0, 0.05) is 12.1 Å². The van der Waals surface area contributed by atoms with Crippen LogP contribution in [-0.2, 0) is 19.9 Å².